The molecule has 1 aromatic carbocycles. The van der Waals surface area contributed by atoms with E-state index in [0.717, 1.165) is 12.0 Å². The third-order valence-electron chi connectivity index (χ3n) is 7.36. The predicted octanol–water partition coefficient (Wildman–Crippen LogP) is 5.75. The lowest BCUT2D eigenvalue weighted by atomic mass is 9.83. The highest BCUT2D eigenvalue weighted by Crippen LogP contribution is 2.46. The number of rotatable bonds is 12. The first-order valence-electron chi connectivity index (χ1n) is 13.2. The van der Waals surface area contributed by atoms with Crippen molar-refractivity contribution in [1.29, 1.82) is 0 Å². The van der Waals surface area contributed by atoms with Gasteiger partial charge in [0.15, 0.2) is 11.6 Å². The molecule has 1 fully saturated rings. The summed E-state index contributed by atoms with van der Waals surface area (Å²) >= 11 is 0. The van der Waals surface area contributed by atoms with E-state index >= 15 is 0 Å². The zero-order valence-corrected chi connectivity index (χ0v) is 24.4. The normalized spacial score (nSPS) is 22.6. The molecule has 0 saturated carbocycles. The van der Waals surface area contributed by atoms with Gasteiger partial charge in [-0.2, -0.15) is 0 Å². The van der Waals surface area contributed by atoms with Crippen LogP contribution in [-0.2, 0) is 18.8 Å². The summed E-state index contributed by atoms with van der Waals surface area (Å²) in [6.45, 7) is 16.0. The van der Waals surface area contributed by atoms with Crippen LogP contribution in [0.3, 0.4) is 0 Å². The molecule has 0 bridgehead atoms. The second kappa shape index (κ2) is 12.8. The summed E-state index contributed by atoms with van der Waals surface area (Å²) < 4.78 is 6.89. The molecule has 2 rings (SSSR count). The van der Waals surface area contributed by atoms with Gasteiger partial charge in [-0.3, -0.25) is 14.4 Å². The van der Waals surface area contributed by atoms with Gasteiger partial charge in [-0.25, -0.2) is 0 Å². The van der Waals surface area contributed by atoms with Crippen molar-refractivity contribution in [2.75, 3.05) is 0 Å². The molecule has 0 aromatic heterocycles. The van der Waals surface area contributed by atoms with Crippen LogP contribution >= 0.6 is 0 Å². The van der Waals surface area contributed by atoms with Crippen molar-refractivity contribution < 1.29 is 23.9 Å². The summed E-state index contributed by atoms with van der Waals surface area (Å²) in [5, 5.41) is 14.6. The number of hydrogen-bond acceptors (Lipinski definition) is 5. The van der Waals surface area contributed by atoms with Crippen LogP contribution in [0.25, 0.3) is 6.08 Å². The van der Waals surface area contributed by atoms with E-state index in [9.17, 15) is 19.5 Å². The van der Waals surface area contributed by atoms with Crippen molar-refractivity contribution in [3.05, 3.63) is 65.9 Å². The standard InChI is InChI=1S/C30H43NO5Si/c1-9-10-11-15-18-26(32)23(8)27(33)30(35)28(36-37(20(2)3,21(4)5)22(6)7)25(31-29(30)34)19-24-16-13-12-14-17-24/h10-23,28,35H,9H2,1-8H3,(H,31,34)/b11-10+,18-15+,25-19-/t23?,28-,30-/m0/s1. The maximum absolute atomic E-state index is 13.7. The maximum Gasteiger partial charge on any atom is 0.267 e. The van der Waals surface area contributed by atoms with E-state index in [1.54, 1.807) is 18.2 Å². The molecule has 2 N–H and O–H groups in total. The van der Waals surface area contributed by atoms with E-state index in [2.05, 4.69) is 46.9 Å². The minimum absolute atomic E-state index is 0.146. The Morgan fingerprint density at radius 1 is 1.03 bits per heavy atom. The number of ketones is 2. The molecule has 0 aliphatic carbocycles. The van der Waals surface area contributed by atoms with Crippen LogP contribution in [0.4, 0.5) is 0 Å². The minimum atomic E-state index is -2.66. The Labute approximate surface area is 223 Å². The maximum atomic E-state index is 13.7. The number of nitrogens with one attached hydrogen (secondary N) is 1. The molecular formula is C30H43NO5Si. The highest BCUT2D eigenvalue weighted by molar-refractivity contribution is 6.77. The number of benzene rings is 1. The molecule has 1 unspecified atom stereocenters. The van der Waals surface area contributed by atoms with Crippen molar-refractivity contribution in [3.8, 4) is 0 Å². The van der Waals surface area contributed by atoms with Crippen molar-refractivity contribution in [2.24, 2.45) is 5.92 Å². The van der Waals surface area contributed by atoms with Crippen molar-refractivity contribution in [3.63, 3.8) is 0 Å². The highest BCUT2D eigenvalue weighted by atomic mass is 28.4. The van der Waals surface area contributed by atoms with Gasteiger partial charge in [-0.1, -0.05) is 97.0 Å². The second-order valence-electron chi connectivity index (χ2n) is 10.7. The Balaban J connectivity index is 2.63. The Kier molecular flexibility index (Phi) is 10.6. The van der Waals surface area contributed by atoms with Crippen LogP contribution in [-0.4, -0.2) is 42.6 Å². The molecule has 6 nitrogen and oxygen atoms in total. The molecule has 0 radical (unpaired) electrons. The molecule has 37 heavy (non-hydrogen) atoms. The van der Waals surface area contributed by atoms with Gasteiger partial charge in [-0.05, 0) is 47.7 Å². The number of allylic oxidation sites excluding steroid dienone is 4. The first kappa shape index (κ1) is 30.6. The molecule has 3 atom stereocenters. The molecule has 1 aliphatic rings. The Bertz CT molecular complexity index is 1040. The smallest absolute Gasteiger partial charge is 0.267 e. The molecule has 7 heteroatoms. The summed E-state index contributed by atoms with van der Waals surface area (Å²) in [5.41, 5.74) is -0.968. The lowest BCUT2D eigenvalue weighted by Gasteiger charge is -2.45. The first-order chi connectivity index (χ1) is 17.3. The second-order valence-corrected chi connectivity index (χ2v) is 16.1. The van der Waals surface area contributed by atoms with E-state index < -0.39 is 43.4 Å². The van der Waals surface area contributed by atoms with Gasteiger partial charge in [0.1, 0.15) is 6.10 Å². The van der Waals surface area contributed by atoms with E-state index in [1.807, 2.05) is 43.3 Å². The largest absolute Gasteiger partial charge is 0.404 e. The average Bonchev–Trinajstić information content (AvgIpc) is 3.08. The van der Waals surface area contributed by atoms with Crippen LogP contribution in [0.15, 0.2) is 60.3 Å². The fraction of sp³-hybridized carbons (Fsp3) is 0.500. The van der Waals surface area contributed by atoms with Gasteiger partial charge in [0.05, 0.1) is 11.6 Å². The topological polar surface area (TPSA) is 92.7 Å². The molecule has 0 spiro atoms. The number of carbonyl (C=O) groups excluding carboxylic acids is 3. The summed E-state index contributed by atoms with van der Waals surface area (Å²) in [5.74, 6) is -3.43. The third-order valence-corrected chi connectivity index (χ3v) is 13.4. The SMILES string of the molecule is CC/C=C/C=C/C(=O)C(C)C(=O)[C@@]1(O)C(=O)N/C(=C\c2ccccc2)[C@@H]1O[Si](C(C)C)(C(C)C)C(C)C. The molecule has 1 aliphatic heterocycles. The Hall–Kier alpha value is -2.61. The van der Waals surface area contributed by atoms with E-state index in [4.69, 9.17) is 4.43 Å². The van der Waals surface area contributed by atoms with Crippen LogP contribution in [0.5, 0.6) is 0 Å². The van der Waals surface area contributed by atoms with Crippen molar-refractivity contribution in [1.82, 2.24) is 5.32 Å². The van der Waals surface area contributed by atoms with E-state index in [0.29, 0.717) is 5.70 Å². The molecule has 202 valence electrons. The third kappa shape index (κ3) is 6.28. The van der Waals surface area contributed by atoms with Gasteiger partial charge in [0.2, 0.25) is 13.9 Å². The average molecular weight is 526 g/mol. The van der Waals surface area contributed by atoms with Gasteiger partial charge < -0.3 is 14.8 Å². The Morgan fingerprint density at radius 2 is 1.59 bits per heavy atom. The van der Waals surface area contributed by atoms with Crippen molar-refractivity contribution in [2.45, 2.75) is 90.1 Å². The van der Waals surface area contributed by atoms with Crippen LogP contribution in [0.1, 0.15) is 67.4 Å². The zero-order valence-electron chi connectivity index (χ0n) is 23.4. The summed E-state index contributed by atoms with van der Waals surface area (Å²) in [6.07, 6.45) is 7.78. The number of Topliss-reactive ketones (excluding diaryl/α,β-unsaturated/α-hetero) is 1. The molecule has 1 amide bonds. The lowest BCUT2D eigenvalue weighted by Crippen LogP contribution is -2.60. The van der Waals surface area contributed by atoms with Gasteiger partial charge >= 0.3 is 0 Å². The molecular weight excluding hydrogens is 482 g/mol. The fourth-order valence-corrected chi connectivity index (χ4v) is 11.0. The number of aliphatic hydroxyl groups is 1. The van der Waals surface area contributed by atoms with Crippen molar-refractivity contribution >= 4 is 31.9 Å². The fourth-order valence-electron chi connectivity index (χ4n) is 5.45. The quantitative estimate of drug-likeness (QED) is 0.157. The number of carbonyl (C=O) groups is 3. The lowest BCUT2D eigenvalue weighted by molar-refractivity contribution is -0.158. The summed E-state index contributed by atoms with van der Waals surface area (Å²) in [6, 6.07) is 9.36. The molecule has 1 saturated heterocycles. The first-order valence-corrected chi connectivity index (χ1v) is 15.4. The monoisotopic (exact) mass is 525 g/mol. The van der Waals surface area contributed by atoms with Crippen LogP contribution in [0.2, 0.25) is 16.6 Å². The highest BCUT2D eigenvalue weighted by Gasteiger charge is 2.62. The van der Waals surface area contributed by atoms with Crippen LogP contribution in [0, 0.1) is 5.92 Å². The summed E-state index contributed by atoms with van der Waals surface area (Å²) in [4.78, 5) is 39.9. The zero-order chi connectivity index (χ0) is 28.0. The predicted molar refractivity (Wildman–Crippen MR) is 151 cm³/mol. The molecule has 1 aromatic rings. The number of amides is 1. The van der Waals surface area contributed by atoms with Gasteiger partial charge in [-0.15, -0.1) is 0 Å². The van der Waals surface area contributed by atoms with Gasteiger partial charge in [0, 0.05) is 0 Å². The van der Waals surface area contributed by atoms with E-state index in [1.165, 1.54) is 13.0 Å². The minimum Gasteiger partial charge on any atom is -0.404 e. The number of hydrogen-bond donors (Lipinski definition) is 2. The van der Waals surface area contributed by atoms with Gasteiger partial charge in [0.25, 0.3) is 5.91 Å². The summed E-state index contributed by atoms with van der Waals surface area (Å²) in [7, 11) is -2.66. The molecule has 1 heterocycles. The van der Waals surface area contributed by atoms with Crippen LogP contribution < -0.4 is 5.32 Å². The Morgan fingerprint density at radius 3 is 2.11 bits per heavy atom. The van der Waals surface area contributed by atoms with E-state index in [-0.39, 0.29) is 16.6 Å².